The number of hydrogen-bond donors (Lipinski definition) is 5. The fraction of sp³-hybridized carbons (Fsp3) is 0.600. The molecule has 5 N–H and O–H groups in total. The van der Waals surface area contributed by atoms with Gasteiger partial charge in [-0.05, 0) is 55.6 Å². The number of hydrogen-bond acceptors (Lipinski definition) is 6. The lowest BCUT2D eigenvalue weighted by Crippen LogP contribution is -2.56. The van der Waals surface area contributed by atoms with E-state index in [4.69, 9.17) is 0 Å². The van der Waals surface area contributed by atoms with Crippen molar-refractivity contribution in [1.82, 2.24) is 25.8 Å². The van der Waals surface area contributed by atoms with Gasteiger partial charge in [0, 0.05) is 54.9 Å². The van der Waals surface area contributed by atoms with E-state index in [0.29, 0.717) is 32.2 Å². The molecule has 2 aliphatic rings. The predicted octanol–water partition coefficient (Wildman–Crippen LogP) is 2.95. The quantitative estimate of drug-likeness (QED) is 0.306. The number of nitrogens with zero attached hydrogens (tertiary/aromatic N) is 1. The average molecular weight is 652 g/mol. The normalized spacial score (nSPS) is 25.7. The minimum atomic E-state index is -1.12. The Morgan fingerprint density at radius 1 is 0.936 bits per heavy atom. The number of fused-ring (bicyclic) bond motifs is 2. The molecule has 12 heteroatoms. The maximum atomic E-state index is 13.8. The predicted molar refractivity (Wildman–Crippen MR) is 176 cm³/mol. The van der Waals surface area contributed by atoms with Gasteiger partial charge in [-0.15, -0.1) is 0 Å². The number of H-pyrrole nitrogens is 1. The number of aromatic amines is 1. The second-order valence-corrected chi connectivity index (χ2v) is 13.8. The van der Waals surface area contributed by atoms with E-state index >= 15 is 0 Å². The Bertz CT molecular complexity index is 1470. The first-order valence-electron chi connectivity index (χ1n) is 16.8. The van der Waals surface area contributed by atoms with E-state index in [1.165, 1.54) is 4.90 Å². The van der Waals surface area contributed by atoms with E-state index in [2.05, 4.69) is 20.9 Å². The Hall–Kier alpha value is -4.22. The van der Waals surface area contributed by atoms with Crippen molar-refractivity contribution in [2.45, 2.75) is 97.2 Å². The Labute approximate surface area is 275 Å². The molecule has 0 unspecified atom stereocenters. The molecule has 1 aromatic carbocycles. The second kappa shape index (κ2) is 16.1. The van der Waals surface area contributed by atoms with Crippen LogP contribution >= 0.6 is 0 Å². The molecule has 2 aromatic rings. The number of aromatic nitrogens is 1. The summed E-state index contributed by atoms with van der Waals surface area (Å²) in [4.78, 5) is 84.9. The van der Waals surface area contributed by atoms with Gasteiger partial charge in [0.15, 0.2) is 5.78 Å². The van der Waals surface area contributed by atoms with Crippen molar-refractivity contribution in [3.8, 4) is 0 Å². The SMILES string of the molecule is CC(C)C[C@@H]1NC(=O)[C@@H](C(C)C)CC(=O)[C@@H]2CCCN2C(=O)[C@@H](CC(=O)O)CCCNC(=O)[C@@H](Cc2c[nH]c3ccccc23)NC1=O. The van der Waals surface area contributed by atoms with Gasteiger partial charge in [0.25, 0.3) is 0 Å². The molecule has 2 aliphatic heterocycles. The molecule has 2 saturated heterocycles. The first kappa shape index (κ1) is 35.6. The highest BCUT2D eigenvalue weighted by Crippen LogP contribution is 2.28. The van der Waals surface area contributed by atoms with Crippen molar-refractivity contribution in [3.63, 3.8) is 0 Å². The molecule has 4 amide bonds. The van der Waals surface area contributed by atoms with E-state index in [9.17, 15) is 33.9 Å². The topological polar surface area (TPSA) is 178 Å². The minimum absolute atomic E-state index is 0.0424. The summed E-state index contributed by atoms with van der Waals surface area (Å²) in [5.74, 6) is -4.90. The van der Waals surface area contributed by atoms with Gasteiger partial charge in [0.1, 0.15) is 12.1 Å². The van der Waals surface area contributed by atoms with E-state index in [-0.39, 0.29) is 49.3 Å². The summed E-state index contributed by atoms with van der Waals surface area (Å²) in [5, 5.41) is 19.1. The number of benzene rings is 1. The number of carbonyl (C=O) groups excluding carboxylic acids is 5. The van der Waals surface area contributed by atoms with Crippen LogP contribution in [0.1, 0.15) is 78.2 Å². The van der Waals surface area contributed by atoms with Crippen LogP contribution in [0, 0.1) is 23.7 Å². The van der Waals surface area contributed by atoms with Crippen molar-refractivity contribution in [2.75, 3.05) is 13.1 Å². The Morgan fingerprint density at radius 2 is 1.66 bits per heavy atom. The second-order valence-electron chi connectivity index (χ2n) is 13.8. The summed E-state index contributed by atoms with van der Waals surface area (Å²) in [6.07, 6.45) is 3.40. The zero-order valence-corrected chi connectivity index (χ0v) is 27.8. The number of para-hydroxylation sites is 1. The van der Waals surface area contributed by atoms with Crippen molar-refractivity contribution in [3.05, 3.63) is 36.0 Å². The third kappa shape index (κ3) is 9.20. The number of nitrogens with one attached hydrogen (secondary N) is 4. The van der Waals surface area contributed by atoms with Gasteiger partial charge in [-0.1, -0.05) is 45.9 Å². The van der Waals surface area contributed by atoms with Crippen LogP contribution in [0.5, 0.6) is 0 Å². The molecule has 0 radical (unpaired) electrons. The highest BCUT2D eigenvalue weighted by Gasteiger charge is 2.40. The third-order valence-corrected chi connectivity index (χ3v) is 9.34. The molecule has 1 aromatic heterocycles. The summed E-state index contributed by atoms with van der Waals surface area (Å²) < 4.78 is 0. The summed E-state index contributed by atoms with van der Waals surface area (Å²) in [7, 11) is 0. The van der Waals surface area contributed by atoms with E-state index < -0.39 is 60.1 Å². The molecule has 256 valence electrons. The summed E-state index contributed by atoms with van der Waals surface area (Å²) >= 11 is 0. The van der Waals surface area contributed by atoms with Crippen molar-refractivity contribution < 1.29 is 33.9 Å². The molecule has 0 spiro atoms. The van der Waals surface area contributed by atoms with Crippen molar-refractivity contribution >= 4 is 46.3 Å². The Morgan fingerprint density at radius 3 is 2.36 bits per heavy atom. The fourth-order valence-corrected chi connectivity index (χ4v) is 6.77. The largest absolute Gasteiger partial charge is 0.481 e. The van der Waals surface area contributed by atoms with Gasteiger partial charge in [0.05, 0.1) is 12.5 Å². The Balaban J connectivity index is 1.66. The van der Waals surface area contributed by atoms with Crippen molar-refractivity contribution in [2.24, 2.45) is 23.7 Å². The highest BCUT2D eigenvalue weighted by atomic mass is 16.4. The van der Waals surface area contributed by atoms with Gasteiger partial charge in [-0.25, -0.2) is 0 Å². The number of carboxylic acids is 1. The highest BCUT2D eigenvalue weighted by molar-refractivity contribution is 5.96. The van der Waals surface area contributed by atoms with Crippen LogP contribution in [0.3, 0.4) is 0 Å². The molecule has 12 nitrogen and oxygen atoms in total. The summed E-state index contributed by atoms with van der Waals surface area (Å²) in [6.45, 7) is 8.05. The number of rotatable bonds is 7. The van der Waals surface area contributed by atoms with E-state index in [0.717, 1.165) is 16.5 Å². The molecule has 47 heavy (non-hydrogen) atoms. The number of aliphatic carboxylic acids is 1. The molecule has 0 bridgehead atoms. The van der Waals surface area contributed by atoms with Crippen LogP contribution in [0.4, 0.5) is 0 Å². The van der Waals surface area contributed by atoms with Crippen LogP contribution in [-0.2, 0) is 35.2 Å². The number of ketones is 1. The summed E-state index contributed by atoms with van der Waals surface area (Å²) in [6, 6.07) is 5.01. The minimum Gasteiger partial charge on any atom is -0.481 e. The van der Waals surface area contributed by atoms with Crippen LogP contribution in [0.15, 0.2) is 30.5 Å². The van der Waals surface area contributed by atoms with Crippen LogP contribution in [-0.4, -0.2) is 81.6 Å². The molecule has 2 fully saturated rings. The maximum absolute atomic E-state index is 13.8. The standard InChI is InChI=1S/C35H49N5O7/c1-20(2)15-27-34(46)39-28(16-23-19-37-26-11-6-5-10-24(23)26)33(45)36-13-7-9-22(17-31(42)43)35(47)40-14-8-12-29(40)30(41)18-25(21(3)4)32(44)38-27/h5-6,10-11,19-22,25,27-29,37H,7-9,12-18H2,1-4H3,(H,36,45)(H,38,44)(H,39,46)(H,42,43)/t22-,25-,27+,28-,29+/m1/s1. The molecule has 5 atom stereocenters. The molecule has 3 heterocycles. The molecule has 4 rings (SSSR count). The number of carboxylic acid groups (broad SMARTS) is 1. The van der Waals surface area contributed by atoms with E-state index in [1.807, 2.05) is 52.0 Å². The smallest absolute Gasteiger partial charge is 0.304 e. The average Bonchev–Trinajstić information content (AvgIpc) is 3.67. The lowest BCUT2D eigenvalue weighted by molar-refractivity contribution is -0.147. The first-order chi connectivity index (χ1) is 22.3. The molecular weight excluding hydrogens is 602 g/mol. The monoisotopic (exact) mass is 651 g/mol. The molecule has 0 saturated carbocycles. The van der Waals surface area contributed by atoms with Gasteiger partial charge in [0.2, 0.25) is 23.6 Å². The van der Waals surface area contributed by atoms with Gasteiger partial charge < -0.3 is 30.9 Å². The first-order valence-corrected chi connectivity index (χ1v) is 16.8. The number of amides is 4. The number of carbonyl (C=O) groups is 6. The van der Waals surface area contributed by atoms with Crippen LogP contribution in [0.25, 0.3) is 10.9 Å². The number of Topliss-reactive ketones (excluding diaryl/α,β-unsaturated/α-hetero) is 1. The van der Waals surface area contributed by atoms with Crippen LogP contribution < -0.4 is 16.0 Å². The van der Waals surface area contributed by atoms with Crippen LogP contribution in [0.2, 0.25) is 0 Å². The lowest BCUT2D eigenvalue weighted by atomic mass is 9.87. The van der Waals surface area contributed by atoms with Gasteiger partial charge in [-0.2, -0.15) is 0 Å². The zero-order valence-electron chi connectivity index (χ0n) is 27.8. The maximum Gasteiger partial charge on any atom is 0.304 e. The summed E-state index contributed by atoms with van der Waals surface area (Å²) in [5.41, 5.74) is 1.72. The van der Waals surface area contributed by atoms with E-state index in [1.54, 1.807) is 6.20 Å². The third-order valence-electron chi connectivity index (χ3n) is 9.34. The zero-order chi connectivity index (χ0) is 34.2. The molecule has 0 aliphatic carbocycles. The Kier molecular flexibility index (Phi) is 12.2. The lowest BCUT2D eigenvalue weighted by Gasteiger charge is -2.30. The molecular formula is C35H49N5O7. The van der Waals surface area contributed by atoms with Gasteiger partial charge >= 0.3 is 5.97 Å². The fourth-order valence-electron chi connectivity index (χ4n) is 6.77. The van der Waals surface area contributed by atoms with Crippen molar-refractivity contribution in [1.29, 1.82) is 0 Å². The van der Waals surface area contributed by atoms with Gasteiger partial charge in [-0.3, -0.25) is 28.8 Å².